The standard InChI is InChI=1S/C8H13NO4/c1-3-9(2)6(10)8(7(11)12)4-13-5-8/h3-5H2,1-2H3,(H,11,12). The maximum Gasteiger partial charge on any atom is 0.324 e. The molecule has 1 saturated heterocycles. The van der Waals surface area contributed by atoms with Crippen molar-refractivity contribution in [3.05, 3.63) is 0 Å². The number of amides is 1. The van der Waals surface area contributed by atoms with Crippen molar-refractivity contribution in [3.8, 4) is 0 Å². The summed E-state index contributed by atoms with van der Waals surface area (Å²) in [5.41, 5.74) is -1.31. The van der Waals surface area contributed by atoms with Gasteiger partial charge in [0.05, 0.1) is 13.2 Å². The van der Waals surface area contributed by atoms with E-state index in [4.69, 9.17) is 9.84 Å². The SMILES string of the molecule is CCN(C)C(=O)C1(C(=O)O)COC1. The fraction of sp³-hybridized carbons (Fsp3) is 0.750. The lowest BCUT2D eigenvalue weighted by Gasteiger charge is -2.38. The van der Waals surface area contributed by atoms with Gasteiger partial charge < -0.3 is 14.7 Å². The van der Waals surface area contributed by atoms with E-state index in [0.717, 1.165) is 0 Å². The minimum Gasteiger partial charge on any atom is -0.480 e. The van der Waals surface area contributed by atoms with Crippen LogP contribution >= 0.6 is 0 Å². The highest BCUT2D eigenvalue weighted by atomic mass is 16.5. The van der Waals surface area contributed by atoms with Gasteiger partial charge in [0, 0.05) is 13.6 Å². The second kappa shape index (κ2) is 3.33. The Kier molecular flexibility index (Phi) is 2.56. The van der Waals surface area contributed by atoms with Gasteiger partial charge in [-0.05, 0) is 6.92 Å². The van der Waals surface area contributed by atoms with E-state index in [1.807, 2.05) is 0 Å². The van der Waals surface area contributed by atoms with E-state index in [1.165, 1.54) is 4.90 Å². The summed E-state index contributed by atoms with van der Waals surface area (Å²) in [6.07, 6.45) is 0. The predicted octanol–water partition coefficient (Wildman–Crippen LogP) is -0.434. The van der Waals surface area contributed by atoms with Crippen LogP contribution in [0, 0.1) is 5.41 Å². The summed E-state index contributed by atoms with van der Waals surface area (Å²) in [7, 11) is 1.59. The van der Waals surface area contributed by atoms with Crippen LogP contribution in [0.3, 0.4) is 0 Å². The third-order valence-electron chi connectivity index (χ3n) is 2.34. The van der Waals surface area contributed by atoms with E-state index < -0.39 is 11.4 Å². The minimum atomic E-state index is -1.31. The largest absolute Gasteiger partial charge is 0.480 e. The fourth-order valence-corrected chi connectivity index (χ4v) is 1.15. The van der Waals surface area contributed by atoms with Gasteiger partial charge >= 0.3 is 5.97 Å². The molecule has 0 aromatic rings. The number of ether oxygens (including phenoxy) is 1. The van der Waals surface area contributed by atoms with Gasteiger partial charge in [0.25, 0.3) is 0 Å². The highest BCUT2D eigenvalue weighted by molar-refractivity contribution is 6.03. The molecule has 1 N–H and O–H groups in total. The first-order valence-corrected chi connectivity index (χ1v) is 4.11. The first kappa shape index (κ1) is 9.98. The van der Waals surface area contributed by atoms with E-state index in [-0.39, 0.29) is 19.1 Å². The van der Waals surface area contributed by atoms with Gasteiger partial charge in [0.2, 0.25) is 5.91 Å². The Morgan fingerprint density at radius 3 is 2.31 bits per heavy atom. The maximum atomic E-state index is 11.6. The van der Waals surface area contributed by atoms with Gasteiger partial charge in [-0.25, -0.2) is 0 Å². The average molecular weight is 187 g/mol. The second-order valence-corrected chi connectivity index (χ2v) is 3.20. The van der Waals surface area contributed by atoms with E-state index in [1.54, 1.807) is 14.0 Å². The molecule has 0 saturated carbocycles. The van der Waals surface area contributed by atoms with E-state index >= 15 is 0 Å². The molecule has 0 spiro atoms. The zero-order valence-corrected chi connectivity index (χ0v) is 7.74. The smallest absolute Gasteiger partial charge is 0.324 e. The number of carbonyl (C=O) groups excluding carboxylic acids is 1. The molecule has 0 aliphatic carbocycles. The predicted molar refractivity (Wildman–Crippen MR) is 44.2 cm³/mol. The van der Waals surface area contributed by atoms with Crippen molar-refractivity contribution in [2.45, 2.75) is 6.92 Å². The van der Waals surface area contributed by atoms with Crippen molar-refractivity contribution in [1.82, 2.24) is 4.90 Å². The number of carboxylic acid groups (broad SMARTS) is 1. The molecular formula is C8H13NO4. The van der Waals surface area contributed by atoms with Crippen LogP contribution in [0.25, 0.3) is 0 Å². The van der Waals surface area contributed by atoms with Crippen molar-refractivity contribution < 1.29 is 19.4 Å². The van der Waals surface area contributed by atoms with Gasteiger partial charge in [0.1, 0.15) is 0 Å². The number of hydrogen-bond acceptors (Lipinski definition) is 3. The van der Waals surface area contributed by atoms with Gasteiger partial charge in [-0.3, -0.25) is 9.59 Å². The van der Waals surface area contributed by atoms with Crippen LogP contribution in [0.15, 0.2) is 0 Å². The first-order valence-electron chi connectivity index (χ1n) is 4.11. The van der Waals surface area contributed by atoms with Crippen LogP contribution in [-0.4, -0.2) is 48.7 Å². The normalized spacial score (nSPS) is 18.9. The van der Waals surface area contributed by atoms with E-state index in [9.17, 15) is 9.59 Å². The number of carboxylic acids is 1. The lowest BCUT2D eigenvalue weighted by molar-refractivity contribution is -0.190. The van der Waals surface area contributed by atoms with Gasteiger partial charge in [-0.2, -0.15) is 0 Å². The minimum absolute atomic E-state index is 0.00843. The molecule has 0 bridgehead atoms. The van der Waals surface area contributed by atoms with Gasteiger partial charge in [-0.1, -0.05) is 0 Å². The molecule has 1 aliphatic heterocycles. The summed E-state index contributed by atoms with van der Waals surface area (Å²) < 4.78 is 4.79. The molecule has 5 heteroatoms. The molecule has 1 rings (SSSR count). The van der Waals surface area contributed by atoms with Crippen LogP contribution in [-0.2, 0) is 14.3 Å². The highest BCUT2D eigenvalue weighted by Crippen LogP contribution is 2.29. The van der Waals surface area contributed by atoms with Crippen molar-refractivity contribution in [2.24, 2.45) is 5.41 Å². The average Bonchev–Trinajstić information content (AvgIpc) is 2.00. The number of aliphatic carboxylic acids is 1. The Morgan fingerprint density at radius 1 is 1.54 bits per heavy atom. The molecule has 1 fully saturated rings. The third-order valence-corrected chi connectivity index (χ3v) is 2.34. The Morgan fingerprint density at radius 2 is 2.08 bits per heavy atom. The van der Waals surface area contributed by atoms with Crippen molar-refractivity contribution in [1.29, 1.82) is 0 Å². The summed E-state index contributed by atoms with van der Waals surface area (Å²) in [6.45, 7) is 2.29. The molecule has 13 heavy (non-hydrogen) atoms. The zero-order valence-electron chi connectivity index (χ0n) is 7.74. The van der Waals surface area contributed by atoms with Crippen LogP contribution in [0.1, 0.15) is 6.92 Å². The number of carbonyl (C=O) groups is 2. The Balaban J connectivity index is 2.77. The van der Waals surface area contributed by atoms with Crippen LogP contribution in [0.2, 0.25) is 0 Å². The topological polar surface area (TPSA) is 66.8 Å². The van der Waals surface area contributed by atoms with Crippen molar-refractivity contribution >= 4 is 11.9 Å². The molecule has 1 aliphatic rings. The molecule has 5 nitrogen and oxygen atoms in total. The molecule has 0 aromatic heterocycles. The van der Waals surface area contributed by atoms with Crippen LogP contribution in [0.4, 0.5) is 0 Å². The summed E-state index contributed by atoms with van der Waals surface area (Å²) >= 11 is 0. The molecule has 1 amide bonds. The summed E-state index contributed by atoms with van der Waals surface area (Å²) in [6, 6.07) is 0. The molecule has 0 unspecified atom stereocenters. The lowest BCUT2D eigenvalue weighted by Crippen LogP contribution is -2.59. The monoisotopic (exact) mass is 187 g/mol. The van der Waals surface area contributed by atoms with Gasteiger partial charge in [0.15, 0.2) is 5.41 Å². The second-order valence-electron chi connectivity index (χ2n) is 3.20. The first-order chi connectivity index (χ1) is 6.04. The summed E-state index contributed by atoms with van der Waals surface area (Å²) in [5, 5.41) is 8.87. The Labute approximate surface area is 76.3 Å². The zero-order chi connectivity index (χ0) is 10.1. The molecule has 0 atom stereocenters. The summed E-state index contributed by atoms with van der Waals surface area (Å²) in [4.78, 5) is 23.8. The Hall–Kier alpha value is -1.10. The highest BCUT2D eigenvalue weighted by Gasteiger charge is 2.54. The Bertz CT molecular complexity index is 234. The van der Waals surface area contributed by atoms with Gasteiger partial charge in [-0.15, -0.1) is 0 Å². The van der Waals surface area contributed by atoms with E-state index in [0.29, 0.717) is 6.54 Å². The summed E-state index contributed by atoms with van der Waals surface area (Å²) in [5.74, 6) is -1.46. The number of hydrogen-bond donors (Lipinski definition) is 1. The molecule has 1 heterocycles. The van der Waals surface area contributed by atoms with Crippen LogP contribution < -0.4 is 0 Å². The van der Waals surface area contributed by atoms with Crippen LogP contribution in [0.5, 0.6) is 0 Å². The molecule has 0 aromatic carbocycles. The molecule has 74 valence electrons. The number of rotatable bonds is 3. The number of nitrogens with zero attached hydrogens (tertiary/aromatic N) is 1. The fourth-order valence-electron chi connectivity index (χ4n) is 1.15. The third kappa shape index (κ3) is 1.39. The van der Waals surface area contributed by atoms with Crippen molar-refractivity contribution in [3.63, 3.8) is 0 Å². The van der Waals surface area contributed by atoms with Crippen molar-refractivity contribution in [2.75, 3.05) is 26.8 Å². The van der Waals surface area contributed by atoms with E-state index in [2.05, 4.69) is 0 Å². The molecule has 0 radical (unpaired) electrons. The molecular weight excluding hydrogens is 174 g/mol. The lowest BCUT2D eigenvalue weighted by atomic mass is 9.84. The maximum absolute atomic E-state index is 11.6. The quantitative estimate of drug-likeness (QED) is 0.608.